The number of carboxylic acid groups (broad SMARTS) is 1. The summed E-state index contributed by atoms with van der Waals surface area (Å²) >= 11 is 0. The van der Waals surface area contributed by atoms with Crippen LogP contribution < -0.4 is 0 Å². The molecule has 0 aliphatic heterocycles. The summed E-state index contributed by atoms with van der Waals surface area (Å²) in [7, 11) is 0. The molecule has 0 aliphatic rings. The first kappa shape index (κ1) is 14.1. The number of benzene rings is 1. The first-order valence-corrected chi connectivity index (χ1v) is 5.79. The van der Waals surface area contributed by atoms with Gasteiger partial charge in [0.05, 0.1) is 17.4 Å². The van der Waals surface area contributed by atoms with Crippen LogP contribution in [0.5, 0.6) is 0 Å². The van der Waals surface area contributed by atoms with Crippen molar-refractivity contribution in [1.82, 2.24) is 9.78 Å². The van der Waals surface area contributed by atoms with Gasteiger partial charge in [-0.05, 0) is 36.2 Å². The SMILES string of the molecule is O=C(O)CCc1cnn(-c2ccc(C(F)(F)F)cc2)c1. The maximum Gasteiger partial charge on any atom is 0.416 e. The maximum absolute atomic E-state index is 12.4. The molecule has 1 aromatic heterocycles. The van der Waals surface area contributed by atoms with Crippen LogP contribution in [0.3, 0.4) is 0 Å². The molecular weight excluding hydrogens is 273 g/mol. The molecule has 4 nitrogen and oxygen atoms in total. The summed E-state index contributed by atoms with van der Waals surface area (Å²) < 4.78 is 38.7. The van der Waals surface area contributed by atoms with E-state index in [1.54, 1.807) is 6.20 Å². The number of hydrogen-bond acceptors (Lipinski definition) is 2. The van der Waals surface area contributed by atoms with Crippen molar-refractivity contribution in [2.75, 3.05) is 0 Å². The Morgan fingerprint density at radius 1 is 1.25 bits per heavy atom. The Kier molecular flexibility index (Phi) is 3.78. The van der Waals surface area contributed by atoms with Gasteiger partial charge in [0.15, 0.2) is 0 Å². The lowest BCUT2D eigenvalue weighted by atomic mass is 10.2. The Labute approximate surface area is 112 Å². The summed E-state index contributed by atoms with van der Waals surface area (Å²) in [6.45, 7) is 0. The monoisotopic (exact) mass is 284 g/mol. The molecule has 0 aliphatic carbocycles. The fourth-order valence-electron chi connectivity index (χ4n) is 1.68. The molecule has 20 heavy (non-hydrogen) atoms. The highest BCUT2D eigenvalue weighted by Crippen LogP contribution is 2.29. The quantitative estimate of drug-likeness (QED) is 0.939. The molecule has 0 bridgehead atoms. The van der Waals surface area contributed by atoms with Crippen LogP contribution in [0, 0.1) is 0 Å². The molecule has 0 atom stereocenters. The third-order valence-corrected chi connectivity index (χ3v) is 2.72. The van der Waals surface area contributed by atoms with Crippen LogP contribution >= 0.6 is 0 Å². The standard InChI is InChI=1S/C13H11F3N2O2/c14-13(15,16)10-2-4-11(5-3-10)18-8-9(7-17-18)1-6-12(19)20/h2-5,7-8H,1,6H2,(H,19,20). The molecule has 0 radical (unpaired) electrons. The number of aromatic nitrogens is 2. The Hall–Kier alpha value is -2.31. The zero-order chi connectivity index (χ0) is 14.8. The normalized spacial score (nSPS) is 11.6. The first-order valence-electron chi connectivity index (χ1n) is 5.79. The zero-order valence-corrected chi connectivity index (χ0v) is 10.3. The maximum atomic E-state index is 12.4. The minimum atomic E-state index is -4.37. The zero-order valence-electron chi connectivity index (χ0n) is 10.3. The second kappa shape index (κ2) is 5.36. The average molecular weight is 284 g/mol. The summed E-state index contributed by atoms with van der Waals surface area (Å²) in [4.78, 5) is 10.4. The minimum absolute atomic E-state index is 0.0152. The van der Waals surface area contributed by atoms with E-state index in [1.165, 1.54) is 23.0 Å². The average Bonchev–Trinajstić information content (AvgIpc) is 2.84. The lowest BCUT2D eigenvalue weighted by molar-refractivity contribution is -0.138. The molecule has 0 saturated heterocycles. The number of rotatable bonds is 4. The summed E-state index contributed by atoms with van der Waals surface area (Å²) in [5, 5.41) is 12.6. The van der Waals surface area contributed by atoms with E-state index in [0.717, 1.165) is 12.1 Å². The van der Waals surface area contributed by atoms with Gasteiger partial charge in [-0.3, -0.25) is 4.79 Å². The number of aliphatic carboxylic acids is 1. The molecular formula is C13H11F3N2O2. The molecule has 1 N–H and O–H groups in total. The third-order valence-electron chi connectivity index (χ3n) is 2.72. The molecule has 7 heteroatoms. The summed E-state index contributed by atoms with van der Waals surface area (Å²) in [5.41, 5.74) is 0.478. The van der Waals surface area contributed by atoms with E-state index in [0.29, 0.717) is 17.7 Å². The van der Waals surface area contributed by atoms with Crippen molar-refractivity contribution in [1.29, 1.82) is 0 Å². The fraction of sp³-hybridized carbons (Fsp3) is 0.231. The first-order chi connectivity index (χ1) is 9.36. The Morgan fingerprint density at radius 3 is 2.45 bits per heavy atom. The van der Waals surface area contributed by atoms with Crippen LogP contribution in [0.4, 0.5) is 13.2 Å². The molecule has 0 unspecified atom stereocenters. The number of aryl methyl sites for hydroxylation is 1. The number of carbonyl (C=O) groups is 1. The second-order valence-corrected chi connectivity index (χ2v) is 4.23. The van der Waals surface area contributed by atoms with E-state index in [4.69, 9.17) is 5.11 Å². The molecule has 106 valence electrons. The Morgan fingerprint density at radius 2 is 1.90 bits per heavy atom. The highest BCUT2D eigenvalue weighted by molar-refractivity contribution is 5.67. The minimum Gasteiger partial charge on any atom is -0.481 e. The summed E-state index contributed by atoms with van der Waals surface area (Å²) in [5.74, 6) is -0.910. The number of halogens is 3. The second-order valence-electron chi connectivity index (χ2n) is 4.23. The number of hydrogen-bond donors (Lipinski definition) is 1. The van der Waals surface area contributed by atoms with Crippen LogP contribution in [0.15, 0.2) is 36.7 Å². The smallest absolute Gasteiger partial charge is 0.416 e. The molecule has 0 spiro atoms. The largest absolute Gasteiger partial charge is 0.481 e. The summed E-state index contributed by atoms with van der Waals surface area (Å²) in [6, 6.07) is 4.59. The van der Waals surface area contributed by atoms with E-state index >= 15 is 0 Å². The van der Waals surface area contributed by atoms with E-state index in [2.05, 4.69) is 5.10 Å². The third kappa shape index (κ3) is 3.37. The van der Waals surface area contributed by atoms with E-state index in [-0.39, 0.29) is 6.42 Å². The number of nitrogens with zero attached hydrogens (tertiary/aromatic N) is 2. The number of carboxylic acids is 1. The molecule has 0 saturated carbocycles. The van der Waals surface area contributed by atoms with Gasteiger partial charge < -0.3 is 5.11 Å². The van der Waals surface area contributed by atoms with Crippen molar-refractivity contribution in [2.24, 2.45) is 0 Å². The Bertz CT molecular complexity index is 603. The van der Waals surface area contributed by atoms with Crippen molar-refractivity contribution in [2.45, 2.75) is 19.0 Å². The van der Waals surface area contributed by atoms with Gasteiger partial charge in [-0.2, -0.15) is 18.3 Å². The van der Waals surface area contributed by atoms with Gasteiger partial charge in [-0.25, -0.2) is 4.68 Å². The van der Waals surface area contributed by atoms with Gasteiger partial charge in [0.25, 0.3) is 0 Å². The van der Waals surface area contributed by atoms with Crippen LogP contribution in [0.2, 0.25) is 0 Å². The van der Waals surface area contributed by atoms with Gasteiger partial charge in [0, 0.05) is 12.6 Å². The van der Waals surface area contributed by atoms with Gasteiger partial charge >= 0.3 is 12.1 Å². The molecule has 1 heterocycles. The molecule has 2 aromatic rings. The fourth-order valence-corrected chi connectivity index (χ4v) is 1.68. The molecule has 0 fully saturated rings. The van der Waals surface area contributed by atoms with Gasteiger partial charge in [-0.15, -0.1) is 0 Å². The Balaban J connectivity index is 2.14. The summed E-state index contributed by atoms with van der Waals surface area (Å²) in [6.07, 6.45) is -0.948. The molecule has 1 aromatic carbocycles. The predicted octanol–water partition coefficient (Wildman–Crippen LogP) is 2.91. The predicted molar refractivity (Wildman–Crippen MR) is 64.5 cm³/mol. The van der Waals surface area contributed by atoms with Crippen LogP contribution in [0.25, 0.3) is 5.69 Å². The topological polar surface area (TPSA) is 55.1 Å². The van der Waals surface area contributed by atoms with E-state index < -0.39 is 17.7 Å². The van der Waals surface area contributed by atoms with Gasteiger partial charge in [0.1, 0.15) is 0 Å². The van der Waals surface area contributed by atoms with Crippen molar-refractivity contribution < 1.29 is 23.1 Å². The highest BCUT2D eigenvalue weighted by atomic mass is 19.4. The lowest BCUT2D eigenvalue weighted by Crippen LogP contribution is -2.05. The van der Waals surface area contributed by atoms with Gasteiger partial charge in [0.2, 0.25) is 0 Å². The van der Waals surface area contributed by atoms with Crippen LogP contribution in [-0.4, -0.2) is 20.9 Å². The van der Waals surface area contributed by atoms with Gasteiger partial charge in [-0.1, -0.05) is 0 Å². The lowest BCUT2D eigenvalue weighted by Gasteiger charge is -2.07. The van der Waals surface area contributed by atoms with Crippen molar-refractivity contribution in [3.8, 4) is 5.69 Å². The van der Waals surface area contributed by atoms with E-state index in [1.807, 2.05) is 0 Å². The molecule has 0 amide bonds. The van der Waals surface area contributed by atoms with Crippen molar-refractivity contribution >= 4 is 5.97 Å². The van der Waals surface area contributed by atoms with Crippen LogP contribution in [0.1, 0.15) is 17.5 Å². The van der Waals surface area contributed by atoms with Crippen molar-refractivity contribution in [3.63, 3.8) is 0 Å². The molecule has 2 rings (SSSR count). The van der Waals surface area contributed by atoms with Crippen LogP contribution in [-0.2, 0) is 17.4 Å². The highest BCUT2D eigenvalue weighted by Gasteiger charge is 2.29. The van der Waals surface area contributed by atoms with E-state index in [9.17, 15) is 18.0 Å². The number of alkyl halides is 3. The van der Waals surface area contributed by atoms with Crippen molar-refractivity contribution in [3.05, 3.63) is 47.8 Å².